The summed E-state index contributed by atoms with van der Waals surface area (Å²) < 4.78 is 10.2. The predicted octanol–water partition coefficient (Wildman–Crippen LogP) is 1.75. The van der Waals surface area contributed by atoms with Crippen molar-refractivity contribution in [3.05, 3.63) is 24.2 Å². The minimum absolute atomic E-state index is 0.316. The quantitative estimate of drug-likeness (QED) is 0.691. The molecule has 68 valence electrons. The smallest absolute Gasteiger partial charge is 0.0935 e. The summed E-state index contributed by atoms with van der Waals surface area (Å²) >= 11 is 0. The van der Waals surface area contributed by atoms with Crippen LogP contribution in [-0.2, 0) is 11.2 Å². The fourth-order valence-corrected chi connectivity index (χ4v) is 1.66. The van der Waals surface area contributed by atoms with Crippen molar-refractivity contribution in [3.8, 4) is 6.07 Å². The Kier molecular flexibility index (Phi) is 2.07. The van der Waals surface area contributed by atoms with E-state index in [1.165, 1.54) is 0 Å². The molecule has 2 heterocycles. The van der Waals surface area contributed by atoms with Crippen molar-refractivity contribution in [1.82, 2.24) is 0 Å². The maximum atomic E-state index is 9.05. The number of nitrogens with zero attached hydrogens (tertiary/aromatic N) is 1. The summed E-state index contributed by atoms with van der Waals surface area (Å²) in [5, 5.41) is 9.05. The van der Waals surface area contributed by atoms with Gasteiger partial charge < -0.3 is 9.15 Å². The molecule has 1 saturated heterocycles. The van der Waals surface area contributed by atoms with Crippen LogP contribution in [0.25, 0.3) is 0 Å². The van der Waals surface area contributed by atoms with Crippen molar-refractivity contribution in [2.75, 3.05) is 13.2 Å². The summed E-state index contributed by atoms with van der Waals surface area (Å²) in [4.78, 5) is 0. The molecule has 13 heavy (non-hydrogen) atoms. The second kappa shape index (κ2) is 3.23. The lowest BCUT2D eigenvalue weighted by Gasteiger charge is -2.16. The third-order valence-electron chi connectivity index (χ3n) is 2.46. The van der Waals surface area contributed by atoms with E-state index >= 15 is 0 Å². The molecule has 0 amide bonds. The largest absolute Gasteiger partial charge is 0.472 e. The van der Waals surface area contributed by atoms with Gasteiger partial charge in [-0.25, -0.2) is 0 Å². The van der Waals surface area contributed by atoms with Gasteiger partial charge in [-0.1, -0.05) is 0 Å². The molecule has 0 aromatic carbocycles. The average Bonchev–Trinajstić information content (AvgIpc) is 2.77. The monoisotopic (exact) mass is 177 g/mol. The average molecular weight is 177 g/mol. The Balaban J connectivity index is 2.11. The molecule has 1 atom stereocenters. The van der Waals surface area contributed by atoms with Gasteiger partial charge in [0, 0.05) is 6.61 Å². The normalized spacial score (nSPS) is 27.3. The molecule has 1 fully saturated rings. The van der Waals surface area contributed by atoms with Crippen LogP contribution in [0.3, 0.4) is 0 Å². The number of hydrogen-bond donors (Lipinski definition) is 0. The fraction of sp³-hybridized carbons (Fsp3) is 0.500. The molecular formula is C10H11NO2. The van der Waals surface area contributed by atoms with Gasteiger partial charge in [-0.05, 0) is 24.5 Å². The van der Waals surface area contributed by atoms with E-state index in [1.54, 1.807) is 12.5 Å². The van der Waals surface area contributed by atoms with Gasteiger partial charge in [0.15, 0.2) is 0 Å². The Labute approximate surface area is 76.9 Å². The van der Waals surface area contributed by atoms with Crippen molar-refractivity contribution < 1.29 is 9.15 Å². The highest BCUT2D eigenvalue weighted by molar-refractivity contribution is 5.15. The van der Waals surface area contributed by atoms with Gasteiger partial charge in [-0.3, -0.25) is 0 Å². The van der Waals surface area contributed by atoms with E-state index in [2.05, 4.69) is 6.07 Å². The highest BCUT2D eigenvalue weighted by atomic mass is 16.5. The second-order valence-electron chi connectivity index (χ2n) is 3.50. The van der Waals surface area contributed by atoms with Crippen LogP contribution in [0, 0.1) is 16.7 Å². The van der Waals surface area contributed by atoms with E-state index in [9.17, 15) is 0 Å². The summed E-state index contributed by atoms with van der Waals surface area (Å²) in [5.41, 5.74) is 0.760. The molecule has 2 rings (SSSR count). The van der Waals surface area contributed by atoms with Crippen LogP contribution < -0.4 is 0 Å². The Morgan fingerprint density at radius 1 is 1.62 bits per heavy atom. The number of hydrogen-bond acceptors (Lipinski definition) is 3. The van der Waals surface area contributed by atoms with E-state index in [0.717, 1.165) is 18.4 Å². The van der Waals surface area contributed by atoms with Crippen LogP contribution >= 0.6 is 0 Å². The van der Waals surface area contributed by atoms with Gasteiger partial charge in [0.25, 0.3) is 0 Å². The lowest BCUT2D eigenvalue weighted by Crippen LogP contribution is -2.21. The lowest BCUT2D eigenvalue weighted by molar-refractivity contribution is 0.171. The number of furan rings is 1. The molecule has 3 nitrogen and oxygen atoms in total. The molecular weight excluding hydrogens is 166 g/mol. The molecule has 1 aromatic rings. The molecule has 0 bridgehead atoms. The SMILES string of the molecule is N#CC1(Cc2ccoc2)CCOC1. The van der Waals surface area contributed by atoms with Crippen LogP contribution in [-0.4, -0.2) is 13.2 Å². The van der Waals surface area contributed by atoms with Crippen molar-refractivity contribution in [1.29, 1.82) is 5.26 Å². The molecule has 0 aliphatic carbocycles. The number of ether oxygens (including phenoxy) is 1. The standard InChI is InChI=1S/C10H11NO2/c11-7-10(2-4-13-8-10)5-9-1-3-12-6-9/h1,3,6H,2,4-5,8H2. The minimum Gasteiger partial charge on any atom is -0.472 e. The Morgan fingerprint density at radius 2 is 2.54 bits per heavy atom. The first-order valence-corrected chi connectivity index (χ1v) is 4.35. The molecule has 0 N–H and O–H groups in total. The number of nitriles is 1. The van der Waals surface area contributed by atoms with E-state index < -0.39 is 0 Å². The van der Waals surface area contributed by atoms with Crippen molar-refractivity contribution in [2.24, 2.45) is 5.41 Å². The number of rotatable bonds is 2. The van der Waals surface area contributed by atoms with E-state index in [4.69, 9.17) is 14.4 Å². The fourth-order valence-electron chi connectivity index (χ4n) is 1.66. The van der Waals surface area contributed by atoms with Crippen LogP contribution in [0.5, 0.6) is 0 Å². The second-order valence-corrected chi connectivity index (χ2v) is 3.50. The van der Waals surface area contributed by atoms with E-state index in [1.807, 2.05) is 6.07 Å². The minimum atomic E-state index is -0.316. The van der Waals surface area contributed by atoms with Gasteiger partial charge >= 0.3 is 0 Å². The highest BCUT2D eigenvalue weighted by Gasteiger charge is 2.35. The maximum Gasteiger partial charge on any atom is 0.0935 e. The summed E-state index contributed by atoms with van der Waals surface area (Å²) in [6.07, 6.45) is 4.89. The van der Waals surface area contributed by atoms with Gasteiger partial charge in [0.1, 0.15) is 0 Å². The summed E-state index contributed by atoms with van der Waals surface area (Å²) in [6.45, 7) is 1.25. The molecule has 1 aromatic heterocycles. The van der Waals surface area contributed by atoms with Gasteiger partial charge in [-0.2, -0.15) is 5.26 Å². The maximum absolute atomic E-state index is 9.05. The topological polar surface area (TPSA) is 46.2 Å². The third-order valence-corrected chi connectivity index (χ3v) is 2.46. The zero-order chi connectivity index (χ0) is 9.15. The molecule has 0 spiro atoms. The summed E-state index contributed by atoms with van der Waals surface area (Å²) in [6, 6.07) is 4.25. The zero-order valence-electron chi connectivity index (χ0n) is 7.32. The predicted molar refractivity (Wildman–Crippen MR) is 45.9 cm³/mol. The molecule has 1 unspecified atom stereocenters. The molecule has 1 aliphatic heterocycles. The first-order chi connectivity index (χ1) is 6.35. The third kappa shape index (κ3) is 1.58. The first kappa shape index (κ1) is 8.33. The first-order valence-electron chi connectivity index (χ1n) is 4.35. The van der Waals surface area contributed by atoms with Crippen LogP contribution in [0.4, 0.5) is 0 Å². The van der Waals surface area contributed by atoms with Crippen molar-refractivity contribution in [2.45, 2.75) is 12.8 Å². The molecule has 0 saturated carbocycles. The summed E-state index contributed by atoms with van der Waals surface area (Å²) in [7, 11) is 0. The Bertz CT molecular complexity index is 304. The highest BCUT2D eigenvalue weighted by Crippen LogP contribution is 2.31. The molecule has 1 aliphatic rings. The van der Waals surface area contributed by atoms with Gasteiger partial charge in [-0.15, -0.1) is 0 Å². The van der Waals surface area contributed by atoms with Gasteiger partial charge in [0.05, 0.1) is 30.6 Å². The zero-order valence-corrected chi connectivity index (χ0v) is 7.32. The van der Waals surface area contributed by atoms with Crippen LogP contribution in [0.15, 0.2) is 23.0 Å². The Hall–Kier alpha value is -1.27. The molecule has 3 heteroatoms. The summed E-state index contributed by atoms with van der Waals surface area (Å²) in [5.74, 6) is 0. The lowest BCUT2D eigenvalue weighted by atomic mass is 9.83. The Morgan fingerprint density at radius 3 is 3.08 bits per heavy atom. The van der Waals surface area contributed by atoms with Gasteiger partial charge in [0.2, 0.25) is 0 Å². The molecule has 0 radical (unpaired) electrons. The van der Waals surface area contributed by atoms with Crippen molar-refractivity contribution >= 4 is 0 Å². The van der Waals surface area contributed by atoms with E-state index in [0.29, 0.717) is 13.2 Å². The van der Waals surface area contributed by atoms with Crippen LogP contribution in [0.1, 0.15) is 12.0 Å². The van der Waals surface area contributed by atoms with Crippen LogP contribution in [0.2, 0.25) is 0 Å². The van der Waals surface area contributed by atoms with E-state index in [-0.39, 0.29) is 5.41 Å². The van der Waals surface area contributed by atoms with Crippen molar-refractivity contribution in [3.63, 3.8) is 0 Å².